The summed E-state index contributed by atoms with van der Waals surface area (Å²) in [5, 5.41) is 2.50. The Morgan fingerprint density at radius 2 is 2.05 bits per heavy atom. The Morgan fingerprint density at radius 3 is 2.62 bits per heavy atom. The van der Waals surface area contributed by atoms with Gasteiger partial charge in [-0.05, 0) is 6.07 Å². The maximum atomic E-state index is 12.2. The maximum Gasteiger partial charge on any atom is 0.573 e. The molecule has 5 nitrogen and oxygen atoms in total. The number of carbonyl (C=O) groups is 1. The van der Waals surface area contributed by atoms with E-state index in [9.17, 15) is 18.0 Å². The van der Waals surface area contributed by atoms with Gasteiger partial charge in [0.15, 0.2) is 0 Å². The molecule has 0 aromatic heterocycles. The zero-order valence-electron chi connectivity index (χ0n) is 11.4. The number of hydrogen-bond acceptors (Lipinski definition) is 4. The van der Waals surface area contributed by atoms with E-state index in [1.165, 1.54) is 25.3 Å². The predicted molar refractivity (Wildman–Crippen MR) is 69.4 cm³/mol. The summed E-state index contributed by atoms with van der Waals surface area (Å²) in [6.07, 6.45) is -5.16. The van der Waals surface area contributed by atoms with Crippen LogP contribution in [0.2, 0.25) is 0 Å². The molecule has 8 heteroatoms. The van der Waals surface area contributed by atoms with Crippen LogP contribution < -0.4 is 15.8 Å². The average Bonchev–Trinajstić information content (AvgIpc) is 2.42. The van der Waals surface area contributed by atoms with Crippen LogP contribution in [-0.4, -0.2) is 32.0 Å². The van der Waals surface area contributed by atoms with Crippen LogP contribution in [0, 0.1) is 0 Å². The number of rotatable bonds is 7. The molecular weight excluding hydrogens is 289 g/mol. The van der Waals surface area contributed by atoms with Gasteiger partial charge in [0, 0.05) is 25.8 Å². The van der Waals surface area contributed by atoms with Gasteiger partial charge in [0.05, 0.1) is 12.5 Å². The third-order valence-corrected chi connectivity index (χ3v) is 2.68. The zero-order valence-corrected chi connectivity index (χ0v) is 11.4. The zero-order chi connectivity index (χ0) is 15.9. The largest absolute Gasteiger partial charge is 0.573 e. The van der Waals surface area contributed by atoms with Gasteiger partial charge in [-0.3, -0.25) is 4.79 Å². The van der Waals surface area contributed by atoms with E-state index in [4.69, 9.17) is 10.5 Å². The smallest absolute Gasteiger partial charge is 0.405 e. The van der Waals surface area contributed by atoms with Gasteiger partial charge in [0.2, 0.25) is 5.91 Å². The van der Waals surface area contributed by atoms with Crippen molar-refractivity contribution >= 4 is 5.91 Å². The summed E-state index contributed by atoms with van der Waals surface area (Å²) in [4.78, 5) is 11.6. The Balaban J connectivity index is 2.61. The molecular formula is C13H17F3N2O3. The number of alkyl halides is 3. The van der Waals surface area contributed by atoms with Gasteiger partial charge in [-0.15, -0.1) is 13.2 Å². The third-order valence-electron chi connectivity index (χ3n) is 2.68. The molecule has 0 saturated heterocycles. The lowest BCUT2D eigenvalue weighted by molar-refractivity contribution is -0.274. The van der Waals surface area contributed by atoms with Crippen molar-refractivity contribution in [2.45, 2.75) is 25.4 Å². The van der Waals surface area contributed by atoms with Crippen LogP contribution in [0.5, 0.6) is 5.75 Å². The predicted octanol–water partition coefficient (Wildman–Crippen LogP) is 1.57. The molecule has 118 valence electrons. The summed E-state index contributed by atoms with van der Waals surface area (Å²) < 4.78 is 45.6. The molecule has 1 atom stereocenters. The minimum atomic E-state index is -4.78. The first-order valence-electron chi connectivity index (χ1n) is 6.19. The first-order chi connectivity index (χ1) is 9.85. The van der Waals surface area contributed by atoms with E-state index < -0.39 is 12.5 Å². The number of hydrogen-bond donors (Lipinski definition) is 2. The third kappa shape index (κ3) is 6.46. The second-order valence-electron chi connectivity index (χ2n) is 4.23. The van der Waals surface area contributed by atoms with E-state index in [0.29, 0.717) is 0 Å². The molecule has 0 heterocycles. The minimum absolute atomic E-state index is 0.0370. The highest BCUT2D eigenvalue weighted by atomic mass is 19.4. The Kier molecular flexibility index (Phi) is 6.44. The van der Waals surface area contributed by atoms with Crippen LogP contribution in [0.25, 0.3) is 0 Å². The van der Waals surface area contributed by atoms with E-state index in [1.54, 1.807) is 6.07 Å². The van der Waals surface area contributed by atoms with Crippen LogP contribution in [0.3, 0.4) is 0 Å². The van der Waals surface area contributed by atoms with E-state index in [2.05, 4.69) is 10.1 Å². The van der Waals surface area contributed by atoms with Crippen molar-refractivity contribution < 1.29 is 27.4 Å². The van der Waals surface area contributed by atoms with E-state index in [1.807, 2.05) is 0 Å². The van der Waals surface area contributed by atoms with Crippen molar-refractivity contribution in [1.82, 2.24) is 5.32 Å². The Labute approximate surface area is 120 Å². The Morgan fingerprint density at radius 1 is 1.38 bits per heavy atom. The van der Waals surface area contributed by atoms with Gasteiger partial charge in [-0.25, -0.2) is 0 Å². The summed E-state index contributed by atoms with van der Waals surface area (Å²) in [6, 6.07) is 5.61. The van der Waals surface area contributed by atoms with Gasteiger partial charge < -0.3 is 20.5 Å². The lowest BCUT2D eigenvalue weighted by atomic mass is 10.2. The highest BCUT2D eigenvalue weighted by Crippen LogP contribution is 2.26. The van der Waals surface area contributed by atoms with Crippen molar-refractivity contribution in [3.8, 4) is 5.75 Å². The fraction of sp³-hybridized carbons (Fsp3) is 0.462. The number of amides is 1. The SMILES string of the molecule is COC(CN)CC(=O)NCc1ccccc1OC(F)(F)F. The quantitative estimate of drug-likeness (QED) is 0.802. The molecule has 0 aliphatic heterocycles. The second kappa shape index (κ2) is 7.84. The lowest BCUT2D eigenvalue weighted by Gasteiger charge is -2.15. The summed E-state index contributed by atoms with van der Waals surface area (Å²) in [6.45, 7) is 0.101. The van der Waals surface area contributed by atoms with Crippen LogP contribution in [0.1, 0.15) is 12.0 Å². The summed E-state index contributed by atoms with van der Waals surface area (Å²) in [7, 11) is 1.43. The number of nitrogens with one attached hydrogen (secondary N) is 1. The van der Waals surface area contributed by atoms with Crippen molar-refractivity contribution in [3.63, 3.8) is 0 Å². The van der Waals surface area contributed by atoms with Crippen molar-refractivity contribution in [3.05, 3.63) is 29.8 Å². The normalized spacial score (nSPS) is 12.8. The minimum Gasteiger partial charge on any atom is -0.405 e. The van der Waals surface area contributed by atoms with Crippen LogP contribution in [0.4, 0.5) is 13.2 Å². The number of halogens is 3. The molecule has 1 unspecified atom stereocenters. The van der Waals surface area contributed by atoms with Gasteiger partial charge in [-0.1, -0.05) is 18.2 Å². The highest BCUT2D eigenvalue weighted by molar-refractivity contribution is 5.76. The van der Waals surface area contributed by atoms with Crippen LogP contribution in [0.15, 0.2) is 24.3 Å². The number of para-hydroxylation sites is 1. The van der Waals surface area contributed by atoms with Gasteiger partial charge in [-0.2, -0.15) is 0 Å². The number of ether oxygens (including phenoxy) is 2. The number of benzene rings is 1. The van der Waals surface area contributed by atoms with E-state index in [-0.39, 0.29) is 36.7 Å². The van der Waals surface area contributed by atoms with Crippen LogP contribution >= 0.6 is 0 Å². The lowest BCUT2D eigenvalue weighted by Crippen LogP contribution is -2.32. The highest BCUT2D eigenvalue weighted by Gasteiger charge is 2.31. The molecule has 0 aliphatic carbocycles. The molecule has 0 aliphatic rings. The second-order valence-corrected chi connectivity index (χ2v) is 4.23. The number of methoxy groups -OCH3 is 1. The van der Waals surface area contributed by atoms with Crippen molar-refractivity contribution in [2.24, 2.45) is 5.73 Å². The van der Waals surface area contributed by atoms with Crippen molar-refractivity contribution in [2.75, 3.05) is 13.7 Å². The molecule has 1 rings (SSSR count). The first kappa shape index (κ1) is 17.3. The molecule has 1 aromatic carbocycles. The standard InChI is InChI=1S/C13H17F3N2O3/c1-20-10(7-17)6-12(19)18-8-9-4-2-3-5-11(9)21-13(14,15)16/h2-5,10H,6-8,17H2,1H3,(H,18,19). The average molecular weight is 306 g/mol. The topological polar surface area (TPSA) is 73.6 Å². The fourth-order valence-electron chi connectivity index (χ4n) is 1.61. The fourth-order valence-corrected chi connectivity index (χ4v) is 1.61. The molecule has 0 saturated carbocycles. The number of nitrogens with two attached hydrogens (primary N) is 1. The maximum absolute atomic E-state index is 12.2. The molecule has 0 spiro atoms. The first-order valence-corrected chi connectivity index (χ1v) is 6.19. The van der Waals surface area contributed by atoms with Gasteiger partial charge in [0.1, 0.15) is 5.75 Å². The summed E-state index contributed by atoms with van der Waals surface area (Å²) >= 11 is 0. The molecule has 0 fully saturated rings. The molecule has 21 heavy (non-hydrogen) atoms. The van der Waals surface area contributed by atoms with Crippen LogP contribution in [-0.2, 0) is 16.1 Å². The van der Waals surface area contributed by atoms with Gasteiger partial charge >= 0.3 is 6.36 Å². The molecule has 1 aromatic rings. The summed E-state index contributed by atoms with van der Waals surface area (Å²) in [5.74, 6) is -0.707. The monoisotopic (exact) mass is 306 g/mol. The van der Waals surface area contributed by atoms with E-state index in [0.717, 1.165) is 0 Å². The Bertz CT molecular complexity index is 462. The molecule has 3 N–H and O–H groups in total. The Hall–Kier alpha value is -1.80. The van der Waals surface area contributed by atoms with Crippen molar-refractivity contribution in [1.29, 1.82) is 0 Å². The van der Waals surface area contributed by atoms with Gasteiger partial charge in [0.25, 0.3) is 0 Å². The van der Waals surface area contributed by atoms with E-state index >= 15 is 0 Å². The summed E-state index contributed by atoms with van der Waals surface area (Å²) in [5.41, 5.74) is 5.61. The molecule has 1 amide bonds. The number of carbonyl (C=O) groups excluding carboxylic acids is 1. The molecule has 0 radical (unpaired) electrons. The molecule has 0 bridgehead atoms.